The van der Waals surface area contributed by atoms with Gasteiger partial charge in [0.25, 0.3) is 0 Å². The molecule has 0 unspecified atom stereocenters. The quantitative estimate of drug-likeness (QED) is 0.768. The lowest BCUT2D eigenvalue weighted by atomic mass is 9.78. The number of nitriles is 1. The van der Waals surface area contributed by atoms with Crippen LogP contribution in [0.3, 0.4) is 0 Å². The molecule has 1 saturated heterocycles. The highest BCUT2D eigenvalue weighted by molar-refractivity contribution is 7.85. The molecule has 0 radical (unpaired) electrons. The van der Waals surface area contributed by atoms with E-state index in [2.05, 4.69) is 26.3 Å². The molecule has 3 aliphatic rings. The van der Waals surface area contributed by atoms with Crippen LogP contribution in [0.25, 0.3) is 0 Å². The van der Waals surface area contributed by atoms with Crippen LogP contribution < -0.4 is 10.2 Å². The van der Waals surface area contributed by atoms with Crippen molar-refractivity contribution in [3.8, 4) is 6.07 Å². The molecule has 1 N–H and O–H groups in total. The number of aryl methyl sites for hydroxylation is 1. The molecular weight excluding hydrogens is 422 g/mol. The van der Waals surface area contributed by atoms with Crippen LogP contribution in [-0.4, -0.2) is 48.5 Å². The van der Waals surface area contributed by atoms with E-state index >= 15 is 0 Å². The predicted octanol–water partition coefficient (Wildman–Crippen LogP) is 2.83. The second-order valence-corrected chi connectivity index (χ2v) is 10.1. The SMILES string of the molecule is N#CC1(Nc2nc(N3CCC(c4ncc(Cl)cn4)CC3)nc3c2[S@](=O)CC3)CCC1. The van der Waals surface area contributed by atoms with Crippen LogP contribution in [0, 0.1) is 11.3 Å². The summed E-state index contributed by atoms with van der Waals surface area (Å²) in [7, 11) is -1.11. The summed E-state index contributed by atoms with van der Waals surface area (Å²) in [6, 6.07) is 2.39. The van der Waals surface area contributed by atoms with Crippen molar-refractivity contribution in [2.75, 3.05) is 29.1 Å². The number of aromatic nitrogens is 4. The molecule has 1 saturated carbocycles. The van der Waals surface area contributed by atoms with Gasteiger partial charge < -0.3 is 10.2 Å². The van der Waals surface area contributed by atoms with Crippen molar-refractivity contribution in [2.45, 2.75) is 54.9 Å². The van der Waals surface area contributed by atoms with Crippen molar-refractivity contribution >= 4 is 34.2 Å². The van der Waals surface area contributed by atoms with Crippen molar-refractivity contribution < 1.29 is 4.21 Å². The Kier molecular flexibility index (Phi) is 5.07. The molecule has 2 fully saturated rings. The van der Waals surface area contributed by atoms with Gasteiger partial charge in [0.05, 0.1) is 27.6 Å². The van der Waals surface area contributed by atoms with E-state index < -0.39 is 16.3 Å². The van der Waals surface area contributed by atoms with Gasteiger partial charge in [0.15, 0.2) is 0 Å². The van der Waals surface area contributed by atoms with E-state index in [1.54, 1.807) is 12.4 Å². The number of halogens is 1. The van der Waals surface area contributed by atoms with Crippen LogP contribution in [0.5, 0.6) is 0 Å². The Bertz CT molecular complexity index is 1030. The van der Waals surface area contributed by atoms with E-state index in [0.29, 0.717) is 33.9 Å². The van der Waals surface area contributed by atoms with Crippen molar-refractivity contribution in [1.82, 2.24) is 19.9 Å². The Morgan fingerprint density at radius 1 is 1.23 bits per heavy atom. The average Bonchev–Trinajstić information content (AvgIpc) is 3.12. The third kappa shape index (κ3) is 3.52. The molecule has 156 valence electrons. The first-order valence-corrected chi connectivity index (χ1v) is 12.0. The number of piperidine rings is 1. The van der Waals surface area contributed by atoms with Crippen molar-refractivity contribution in [1.29, 1.82) is 5.26 Å². The third-order valence-corrected chi connectivity index (χ3v) is 7.89. The molecule has 2 aromatic rings. The summed E-state index contributed by atoms with van der Waals surface area (Å²) in [6.45, 7) is 1.59. The molecule has 8 nitrogen and oxygen atoms in total. The van der Waals surface area contributed by atoms with Crippen LogP contribution in [0.15, 0.2) is 17.3 Å². The molecule has 10 heteroatoms. The predicted molar refractivity (Wildman–Crippen MR) is 114 cm³/mol. The Balaban J connectivity index is 1.37. The number of hydrogen-bond donors (Lipinski definition) is 1. The first-order chi connectivity index (χ1) is 14.6. The lowest BCUT2D eigenvalue weighted by Crippen LogP contribution is -2.44. The first-order valence-electron chi connectivity index (χ1n) is 10.3. The second-order valence-electron chi connectivity index (χ2n) is 8.14. The molecule has 0 spiro atoms. The lowest BCUT2D eigenvalue weighted by molar-refractivity contribution is 0.355. The number of nitrogens with zero attached hydrogens (tertiary/aromatic N) is 6. The van der Waals surface area contributed by atoms with Gasteiger partial charge in [0.2, 0.25) is 5.95 Å². The zero-order valence-electron chi connectivity index (χ0n) is 16.5. The fraction of sp³-hybridized carbons (Fsp3) is 0.550. The van der Waals surface area contributed by atoms with Crippen molar-refractivity contribution in [3.63, 3.8) is 0 Å². The fourth-order valence-electron chi connectivity index (χ4n) is 4.30. The molecule has 2 aromatic heterocycles. The van der Waals surface area contributed by atoms with Crippen LogP contribution in [0.4, 0.5) is 11.8 Å². The minimum absolute atomic E-state index is 0.287. The van der Waals surface area contributed by atoms with E-state index in [-0.39, 0.29) is 5.92 Å². The topological polar surface area (TPSA) is 108 Å². The van der Waals surface area contributed by atoms with Crippen molar-refractivity contribution in [3.05, 3.63) is 28.9 Å². The highest BCUT2D eigenvalue weighted by Gasteiger charge is 2.40. The summed E-state index contributed by atoms with van der Waals surface area (Å²) in [5.74, 6) is 2.91. The summed E-state index contributed by atoms with van der Waals surface area (Å²) in [5, 5.41) is 13.5. The fourth-order valence-corrected chi connectivity index (χ4v) is 5.71. The number of rotatable bonds is 4. The normalized spacial score (nSPS) is 22.8. The molecule has 4 heterocycles. The first kappa shape index (κ1) is 19.6. The number of anilines is 2. The van der Waals surface area contributed by atoms with E-state index in [1.807, 2.05) is 0 Å². The highest BCUT2D eigenvalue weighted by Crippen LogP contribution is 2.38. The van der Waals surface area contributed by atoms with Crippen LogP contribution in [-0.2, 0) is 17.2 Å². The van der Waals surface area contributed by atoms with E-state index in [0.717, 1.165) is 56.7 Å². The summed E-state index contributed by atoms with van der Waals surface area (Å²) in [4.78, 5) is 21.1. The van der Waals surface area contributed by atoms with Gasteiger partial charge >= 0.3 is 0 Å². The Morgan fingerprint density at radius 3 is 2.60 bits per heavy atom. The van der Waals surface area contributed by atoms with Gasteiger partial charge in [0.1, 0.15) is 22.1 Å². The summed E-state index contributed by atoms with van der Waals surface area (Å²) in [5.41, 5.74) is 0.252. The maximum absolute atomic E-state index is 12.5. The summed E-state index contributed by atoms with van der Waals surface area (Å²) >= 11 is 5.90. The van der Waals surface area contributed by atoms with Gasteiger partial charge in [-0.25, -0.2) is 15.0 Å². The number of nitrogens with one attached hydrogen (secondary N) is 1. The molecule has 1 aliphatic carbocycles. The molecule has 5 rings (SSSR count). The second kappa shape index (κ2) is 7.75. The lowest BCUT2D eigenvalue weighted by Gasteiger charge is -2.37. The highest BCUT2D eigenvalue weighted by atomic mass is 35.5. The van der Waals surface area contributed by atoms with Gasteiger partial charge in [-0.1, -0.05) is 11.6 Å². The Labute approximate surface area is 182 Å². The monoisotopic (exact) mass is 443 g/mol. The summed E-state index contributed by atoms with van der Waals surface area (Å²) < 4.78 is 12.5. The molecule has 30 heavy (non-hydrogen) atoms. The third-order valence-electron chi connectivity index (χ3n) is 6.24. The Hall–Kier alpha value is -2.31. The zero-order valence-corrected chi connectivity index (χ0v) is 18.0. The molecule has 0 aromatic carbocycles. The van der Waals surface area contributed by atoms with Gasteiger partial charge in [0, 0.05) is 43.6 Å². The van der Waals surface area contributed by atoms with Gasteiger partial charge in [-0.15, -0.1) is 0 Å². The molecule has 2 aliphatic heterocycles. The smallest absolute Gasteiger partial charge is 0.227 e. The maximum Gasteiger partial charge on any atom is 0.227 e. The molecular formula is C20H22ClN7OS. The molecule has 0 amide bonds. The van der Waals surface area contributed by atoms with Crippen LogP contribution in [0.2, 0.25) is 5.02 Å². The Morgan fingerprint density at radius 2 is 1.97 bits per heavy atom. The maximum atomic E-state index is 12.5. The van der Waals surface area contributed by atoms with Crippen molar-refractivity contribution in [2.24, 2.45) is 0 Å². The summed E-state index contributed by atoms with van der Waals surface area (Å²) in [6.07, 6.45) is 8.36. The van der Waals surface area contributed by atoms with E-state index in [4.69, 9.17) is 21.6 Å². The number of hydrogen-bond acceptors (Lipinski definition) is 8. The average molecular weight is 444 g/mol. The van der Waals surface area contributed by atoms with Crippen LogP contribution >= 0.6 is 11.6 Å². The largest absolute Gasteiger partial charge is 0.351 e. The van der Waals surface area contributed by atoms with Gasteiger partial charge in [-0.2, -0.15) is 10.2 Å². The van der Waals surface area contributed by atoms with Crippen LogP contribution in [0.1, 0.15) is 49.5 Å². The minimum atomic E-state index is -1.11. The number of fused-ring (bicyclic) bond motifs is 1. The molecule has 1 atom stereocenters. The van der Waals surface area contributed by atoms with E-state index in [1.165, 1.54) is 0 Å². The van der Waals surface area contributed by atoms with Gasteiger partial charge in [-0.05, 0) is 32.1 Å². The zero-order chi connectivity index (χ0) is 20.7. The van der Waals surface area contributed by atoms with E-state index in [9.17, 15) is 9.47 Å². The standard InChI is InChI=1S/C20H22ClN7OS/c21-14-10-23-17(24-11-14)13-2-7-28(8-3-13)19-25-15-4-9-30(29)16(15)18(26-19)27-20(12-22)5-1-6-20/h10-11,13H,1-9H2,(H,25,26,27)/t30-/m1/s1. The minimum Gasteiger partial charge on any atom is -0.351 e. The molecule has 0 bridgehead atoms. The van der Waals surface area contributed by atoms with Gasteiger partial charge in [-0.3, -0.25) is 4.21 Å².